The number of hydrogen-bond acceptors (Lipinski definition) is 2. The summed E-state index contributed by atoms with van der Waals surface area (Å²) in [5, 5.41) is 6.90. The highest BCUT2D eigenvalue weighted by molar-refractivity contribution is 6.29. The van der Waals surface area contributed by atoms with Crippen LogP contribution >= 0.6 is 11.6 Å². The lowest BCUT2D eigenvalue weighted by atomic mass is 9.93. The first-order valence-corrected chi connectivity index (χ1v) is 5.24. The highest BCUT2D eigenvalue weighted by Crippen LogP contribution is 2.33. The summed E-state index contributed by atoms with van der Waals surface area (Å²) in [4.78, 5) is 11.1. The molecule has 1 aliphatic rings. The number of carbonyl (C=O) groups is 1. The zero-order chi connectivity index (χ0) is 9.97. The van der Waals surface area contributed by atoms with Crippen molar-refractivity contribution in [3.05, 3.63) is 12.3 Å². The fourth-order valence-corrected chi connectivity index (χ4v) is 1.58. The van der Waals surface area contributed by atoms with Crippen LogP contribution in [0.1, 0.15) is 25.3 Å². The Kier molecular flexibility index (Phi) is 2.72. The standard InChI is InChI=1S/C9H12ClN3O/c10-6-9(14)12-8-4-5-11-13(8)7-2-1-3-7/h4-5,7H,1-3,6H2,(H,12,14). The first-order valence-electron chi connectivity index (χ1n) is 4.70. The molecule has 1 amide bonds. The largest absolute Gasteiger partial charge is 0.310 e. The minimum atomic E-state index is -0.187. The summed E-state index contributed by atoms with van der Waals surface area (Å²) in [6.45, 7) is 0. The van der Waals surface area contributed by atoms with Gasteiger partial charge in [0.1, 0.15) is 11.7 Å². The third kappa shape index (κ3) is 1.75. The van der Waals surface area contributed by atoms with Gasteiger partial charge in [0, 0.05) is 6.07 Å². The van der Waals surface area contributed by atoms with Crippen LogP contribution in [-0.2, 0) is 4.79 Å². The summed E-state index contributed by atoms with van der Waals surface area (Å²) in [6.07, 6.45) is 5.23. The van der Waals surface area contributed by atoms with Crippen molar-refractivity contribution in [1.82, 2.24) is 9.78 Å². The quantitative estimate of drug-likeness (QED) is 0.779. The molecule has 4 nitrogen and oxygen atoms in total. The Morgan fingerprint density at radius 2 is 2.50 bits per heavy atom. The molecule has 1 aromatic rings. The molecule has 0 aromatic carbocycles. The molecule has 0 aliphatic heterocycles. The molecule has 1 fully saturated rings. The van der Waals surface area contributed by atoms with Gasteiger partial charge in [-0.3, -0.25) is 4.79 Å². The number of nitrogens with one attached hydrogen (secondary N) is 1. The van der Waals surface area contributed by atoms with Gasteiger partial charge in [0.2, 0.25) is 5.91 Å². The number of aromatic nitrogens is 2. The van der Waals surface area contributed by atoms with Crippen molar-refractivity contribution in [1.29, 1.82) is 0 Å². The van der Waals surface area contributed by atoms with Gasteiger partial charge in [0.15, 0.2) is 0 Å². The van der Waals surface area contributed by atoms with Crippen LogP contribution in [-0.4, -0.2) is 21.6 Å². The van der Waals surface area contributed by atoms with E-state index in [2.05, 4.69) is 10.4 Å². The topological polar surface area (TPSA) is 46.9 Å². The van der Waals surface area contributed by atoms with E-state index in [1.807, 2.05) is 4.68 Å². The van der Waals surface area contributed by atoms with E-state index < -0.39 is 0 Å². The fraction of sp³-hybridized carbons (Fsp3) is 0.556. The number of rotatable bonds is 3. The number of anilines is 1. The Bertz CT molecular complexity index is 333. The summed E-state index contributed by atoms with van der Waals surface area (Å²) in [7, 11) is 0. The number of carbonyl (C=O) groups excluding carboxylic acids is 1. The van der Waals surface area contributed by atoms with Gasteiger partial charge in [-0.15, -0.1) is 11.6 Å². The third-order valence-corrected chi connectivity index (χ3v) is 2.72. The van der Waals surface area contributed by atoms with Gasteiger partial charge in [-0.1, -0.05) is 0 Å². The van der Waals surface area contributed by atoms with Crippen molar-refractivity contribution < 1.29 is 4.79 Å². The number of nitrogens with zero attached hydrogens (tertiary/aromatic N) is 2. The predicted molar refractivity (Wildman–Crippen MR) is 54.5 cm³/mol. The molecule has 1 saturated carbocycles. The summed E-state index contributed by atoms with van der Waals surface area (Å²) in [5.74, 6) is 0.545. The minimum absolute atomic E-state index is 0.0180. The number of halogens is 1. The smallest absolute Gasteiger partial charge is 0.240 e. The second-order valence-corrected chi connectivity index (χ2v) is 3.69. The van der Waals surface area contributed by atoms with E-state index in [0.717, 1.165) is 18.7 Å². The lowest BCUT2D eigenvalue weighted by Gasteiger charge is -2.27. The second kappa shape index (κ2) is 4.00. The highest BCUT2D eigenvalue weighted by Gasteiger charge is 2.22. The minimum Gasteiger partial charge on any atom is -0.310 e. The van der Waals surface area contributed by atoms with Crippen LogP contribution < -0.4 is 5.32 Å². The summed E-state index contributed by atoms with van der Waals surface area (Å²) in [6, 6.07) is 2.25. The molecule has 2 rings (SSSR count). The molecule has 1 aromatic heterocycles. The van der Waals surface area contributed by atoms with Crippen LogP contribution in [0.5, 0.6) is 0 Å². The molecule has 0 radical (unpaired) electrons. The highest BCUT2D eigenvalue weighted by atomic mass is 35.5. The maximum absolute atomic E-state index is 11.1. The van der Waals surface area contributed by atoms with E-state index in [0.29, 0.717) is 6.04 Å². The van der Waals surface area contributed by atoms with E-state index >= 15 is 0 Å². The van der Waals surface area contributed by atoms with Crippen LogP contribution in [0.25, 0.3) is 0 Å². The van der Waals surface area contributed by atoms with Crippen LogP contribution in [0.3, 0.4) is 0 Å². The van der Waals surface area contributed by atoms with Crippen molar-refractivity contribution in [3.63, 3.8) is 0 Å². The van der Waals surface area contributed by atoms with E-state index in [1.165, 1.54) is 6.42 Å². The van der Waals surface area contributed by atoms with Gasteiger partial charge in [0.25, 0.3) is 0 Å². The average molecular weight is 214 g/mol. The van der Waals surface area contributed by atoms with Crippen molar-refractivity contribution in [2.45, 2.75) is 25.3 Å². The van der Waals surface area contributed by atoms with Crippen LogP contribution in [0.2, 0.25) is 0 Å². The molecule has 0 saturated heterocycles. The lowest BCUT2D eigenvalue weighted by molar-refractivity contribution is -0.114. The molecule has 1 N–H and O–H groups in total. The van der Waals surface area contributed by atoms with Gasteiger partial charge in [-0.05, 0) is 19.3 Å². The Hall–Kier alpha value is -1.03. The van der Waals surface area contributed by atoms with E-state index in [-0.39, 0.29) is 11.8 Å². The average Bonchev–Trinajstić information content (AvgIpc) is 2.50. The molecule has 1 aliphatic carbocycles. The molecule has 14 heavy (non-hydrogen) atoms. The fourth-order valence-electron chi connectivity index (χ4n) is 1.51. The van der Waals surface area contributed by atoms with Gasteiger partial charge >= 0.3 is 0 Å². The molecular weight excluding hydrogens is 202 g/mol. The number of alkyl halides is 1. The first kappa shape index (κ1) is 9.52. The van der Waals surface area contributed by atoms with Gasteiger partial charge in [-0.25, -0.2) is 4.68 Å². The molecule has 0 atom stereocenters. The van der Waals surface area contributed by atoms with Crippen LogP contribution in [0.15, 0.2) is 12.3 Å². The van der Waals surface area contributed by atoms with Gasteiger partial charge < -0.3 is 5.32 Å². The number of hydrogen-bond donors (Lipinski definition) is 1. The molecule has 0 bridgehead atoms. The third-order valence-electron chi connectivity index (χ3n) is 2.48. The number of amides is 1. The van der Waals surface area contributed by atoms with E-state index in [9.17, 15) is 4.79 Å². The SMILES string of the molecule is O=C(CCl)Nc1ccnn1C1CCC1. The van der Waals surface area contributed by atoms with Crippen molar-refractivity contribution in [2.24, 2.45) is 0 Å². The van der Waals surface area contributed by atoms with Crippen molar-refractivity contribution in [2.75, 3.05) is 11.2 Å². The lowest BCUT2D eigenvalue weighted by Crippen LogP contribution is -2.22. The first-order chi connectivity index (χ1) is 6.81. The Morgan fingerprint density at radius 1 is 1.71 bits per heavy atom. The zero-order valence-electron chi connectivity index (χ0n) is 7.74. The van der Waals surface area contributed by atoms with Crippen molar-refractivity contribution >= 4 is 23.3 Å². The molecule has 0 unspecified atom stereocenters. The Balaban J connectivity index is 2.08. The van der Waals surface area contributed by atoms with Gasteiger partial charge in [0.05, 0.1) is 12.2 Å². The Morgan fingerprint density at radius 3 is 3.07 bits per heavy atom. The van der Waals surface area contributed by atoms with Crippen LogP contribution in [0, 0.1) is 0 Å². The normalized spacial score (nSPS) is 16.4. The summed E-state index contributed by atoms with van der Waals surface area (Å²) < 4.78 is 1.87. The zero-order valence-corrected chi connectivity index (χ0v) is 8.50. The molecule has 1 heterocycles. The molecule has 5 heteroatoms. The maximum atomic E-state index is 11.1. The molecular formula is C9H12ClN3O. The maximum Gasteiger partial charge on any atom is 0.240 e. The molecule has 0 spiro atoms. The van der Waals surface area contributed by atoms with Gasteiger partial charge in [-0.2, -0.15) is 5.10 Å². The van der Waals surface area contributed by atoms with Crippen molar-refractivity contribution in [3.8, 4) is 0 Å². The summed E-state index contributed by atoms with van der Waals surface area (Å²) in [5.41, 5.74) is 0. The summed E-state index contributed by atoms with van der Waals surface area (Å²) >= 11 is 5.41. The second-order valence-electron chi connectivity index (χ2n) is 3.43. The van der Waals surface area contributed by atoms with Crippen LogP contribution in [0.4, 0.5) is 5.82 Å². The Labute approximate surface area is 87.2 Å². The molecule has 76 valence electrons. The monoisotopic (exact) mass is 213 g/mol. The predicted octanol–water partition coefficient (Wildman–Crippen LogP) is 1.79. The van der Waals surface area contributed by atoms with E-state index in [4.69, 9.17) is 11.6 Å². The van der Waals surface area contributed by atoms with E-state index in [1.54, 1.807) is 12.3 Å².